The largest absolute Gasteiger partial charge is 0.400 e. The van der Waals surface area contributed by atoms with E-state index in [1.165, 1.54) is 0 Å². The van der Waals surface area contributed by atoms with Crippen molar-refractivity contribution in [3.05, 3.63) is 30.6 Å². The fourth-order valence-electron chi connectivity index (χ4n) is 0.702. The van der Waals surface area contributed by atoms with Crippen molar-refractivity contribution >= 4 is 18.5 Å². The van der Waals surface area contributed by atoms with Gasteiger partial charge in [0.25, 0.3) is 0 Å². The maximum Gasteiger partial charge on any atom is 0.0877 e. The zero-order chi connectivity index (χ0) is 12.8. The number of aliphatic hydroxyl groups excluding tert-OH is 1. The van der Waals surface area contributed by atoms with Crippen LogP contribution in [0.1, 0.15) is 18.9 Å². The van der Waals surface area contributed by atoms with Crippen molar-refractivity contribution in [1.29, 1.82) is 0 Å². The van der Waals surface area contributed by atoms with Gasteiger partial charge < -0.3 is 10.8 Å². The van der Waals surface area contributed by atoms with Crippen LogP contribution in [0.3, 0.4) is 0 Å². The maximum absolute atomic E-state index is 7.00. The van der Waals surface area contributed by atoms with Gasteiger partial charge >= 0.3 is 0 Å². The highest BCUT2D eigenvalue weighted by Gasteiger charge is 1.91. The number of aromatic nitrogens is 1. The van der Waals surface area contributed by atoms with Gasteiger partial charge in [-0.15, -0.1) is 0 Å². The van der Waals surface area contributed by atoms with Gasteiger partial charge in [0, 0.05) is 18.9 Å². The minimum Gasteiger partial charge on any atom is -0.400 e. The standard InChI is InChI=1S/C8H8N2.C3H9N.CH4O/c1-3-7-4-5-10-6-8(7)9-2;1-2-3-4;1-2/h3-6H,1-2H2;2-4H2,1H3;2H,1H3. The number of aliphatic imine (C=N–C) groups is 1. The van der Waals surface area contributed by atoms with Crippen LogP contribution in [0.25, 0.3) is 6.08 Å². The lowest BCUT2D eigenvalue weighted by molar-refractivity contribution is 0.399. The molecule has 0 atom stereocenters. The monoisotopic (exact) mass is 223 g/mol. The Morgan fingerprint density at radius 3 is 2.44 bits per heavy atom. The van der Waals surface area contributed by atoms with E-state index in [9.17, 15) is 0 Å². The van der Waals surface area contributed by atoms with Crippen LogP contribution in [0.2, 0.25) is 0 Å². The SMILES string of the molecule is C=Cc1ccncc1N=C.CCCN.CO. The summed E-state index contributed by atoms with van der Waals surface area (Å²) in [6.07, 6.45) is 6.18. The normalized spacial score (nSPS) is 7.75. The maximum atomic E-state index is 7.00. The third kappa shape index (κ3) is 7.84. The fourth-order valence-corrected chi connectivity index (χ4v) is 0.702. The van der Waals surface area contributed by atoms with Crippen LogP contribution in [-0.4, -0.2) is 30.5 Å². The Balaban J connectivity index is 0. The average molecular weight is 223 g/mol. The van der Waals surface area contributed by atoms with E-state index in [1.807, 2.05) is 6.07 Å². The topological polar surface area (TPSA) is 71.5 Å². The van der Waals surface area contributed by atoms with Crippen LogP contribution >= 0.6 is 0 Å². The Hall–Kier alpha value is -1.52. The van der Waals surface area contributed by atoms with Crippen LogP contribution in [0, 0.1) is 0 Å². The predicted octanol–water partition coefficient (Wildman–Crippen LogP) is 2.02. The van der Waals surface area contributed by atoms with Gasteiger partial charge in [-0.25, -0.2) is 0 Å². The lowest BCUT2D eigenvalue weighted by Crippen LogP contribution is -1.93. The van der Waals surface area contributed by atoms with Gasteiger partial charge in [0.05, 0.1) is 11.9 Å². The summed E-state index contributed by atoms with van der Waals surface area (Å²) in [5, 5.41) is 7.00. The van der Waals surface area contributed by atoms with Crippen LogP contribution in [0.15, 0.2) is 30.0 Å². The average Bonchev–Trinajstić information content (AvgIpc) is 2.41. The number of nitrogens with two attached hydrogens (primary N) is 1. The number of hydrogen-bond acceptors (Lipinski definition) is 4. The highest BCUT2D eigenvalue weighted by Crippen LogP contribution is 2.16. The zero-order valence-corrected chi connectivity index (χ0v) is 10.1. The molecule has 0 fully saturated rings. The van der Waals surface area contributed by atoms with E-state index in [0.717, 1.165) is 31.3 Å². The summed E-state index contributed by atoms with van der Waals surface area (Å²) in [5.74, 6) is 0. The third-order valence-corrected chi connectivity index (χ3v) is 1.51. The number of aliphatic hydroxyl groups is 1. The highest BCUT2D eigenvalue weighted by atomic mass is 16.2. The second-order valence-corrected chi connectivity index (χ2v) is 2.59. The van der Waals surface area contributed by atoms with Crippen LogP contribution < -0.4 is 5.73 Å². The first-order valence-corrected chi connectivity index (χ1v) is 4.98. The molecule has 0 aliphatic rings. The zero-order valence-electron chi connectivity index (χ0n) is 10.1. The Morgan fingerprint density at radius 1 is 1.56 bits per heavy atom. The molecular formula is C12H21N3O. The highest BCUT2D eigenvalue weighted by molar-refractivity contribution is 5.63. The molecule has 0 saturated heterocycles. The smallest absolute Gasteiger partial charge is 0.0877 e. The number of nitrogens with zero attached hydrogens (tertiary/aromatic N) is 2. The first-order valence-electron chi connectivity index (χ1n) is 4.98. The minimum absolute atomic E-state index is 0.775. The third-order valence-electron chi connectivity index (χ3n) is 1.51. The summed E-state index contributed by atoms with van der Waals surface area (Å²) >= 11 is 0. The molecule has 1 heterocycles. The summed E-state index contributed by atoms with van der Waals surface area (Å²) in [6.45, 7) is 9.90. The molecule has 0 amide bonds. The first-order chi connectivity index (χ1) is 7.79. The Bertz CT molecular complexity index is 258. The molecule has 0 aliphatic heterocycles. The number of rotatable bonds is 3. The second-order valence-electron chi connectivity index (χ2n) is 2.59. The van der Waals surface area contributed by atoms with Crippen molar-refractivity contribution in [2.45, 2.75) is 13.3 Å². The molecule has 1 aromatic rings. The summed E-state index contributed by atoms with van der Waals surface area (Å²) in [5.41, 5.74) is 6.77. The molecule has 1 aromatic heterocycles. The van der Waals surface area contributed by atoms with Crippen molar-refractivity contribution in [3.63, 3.8) is 0 Å². The Labute approximate surface area is 97.6 Å². The van der Waals surface area contributed by atoms with Gasteiger partial charge in [0.1, 0.15) is 0 Å². The summed E-state index contributed by atoms with van der Waals surface area (Å²) < 4.78 is 0. The summed E-state index contributed by atoms with van der Waals surface area (Å²) in [4.78, 5) is 7.64. The van der Waals surface area contributed by atoms with E-state index in [2.05, 4.69) is 30.2 Å². The lowest BCUT2D eigenvalue weighted by atomic mass is 10.2. The molecule has 0 unspecified atom stereocenters. The Morgan fingerprint density at radius 2 is 2.12 bits per heavy atom. The molecule has 0 saturated carbocycles. The molecule has 4 nitrogen and oxygen atoms in total. The van der Waals surface area contributed by atoms with E-state index in [4.69, 9.17) is 10.8 Å². The molecule has 0 spiro atoms. The van der Waals surface area contributed by atoms with Gasteiger partial charge in [-0.2, -0.15) is 0 Å². The second kappa shape index (κ2) is 13.5. The van der Waals surface area contributed by atoms with Crippen molar-refractivity contribution in [2.75, 3.05) is 13.7 Å². The van der Waals surface area contributed by atoms with Gasteiger partial charge in [0.15, 0.2) is 0 Å². The van der Waals surface area contributed by atoms with Gasteiger partial charge in [-0.1, -0.05) is 19.6 Å². The minimum atomic E-state index is 0.775. The fraction of sp³-hybridized carbons (Fsp3) is 0.333. The van der Waals surface area contributed by atoms with Crippen molar-refractivity contribution in [2.24, 2.45) is 10.7 Å². The number of hydrogen-bond donors (Lipinski definition) is 2. The molecule has 1 rings (SSSR count). The van der Waals surface area contributed by atoms with Crippen molar-refractivity contribution in [1.82, 2.24) is 4.98 Å². The van der Waals surface area contributed by atoms with Gasteiger partial charge in [-0.05, 0) is 25.7 Å². The van der Waals surface area contributed by atoms with E-state index in [-0.39, 0.29) is 0 Å². The molecule has 90 valence electrons. The summed E-state index contributed by atoms with van der Waals surface area (Å²) in [7, 11) is 1.00. The molecule has 4 heteroatoms. The molecule has 3 N–H and O–H groups in total. The van der Waals surface area contributed by atoms with E-state index in [0.29, 0.717) is 0 Å². The van der Waals surface area contributed by atoms with Crippen molar-refractivity contribution in [3.8, 4) is 0 Å². The quantitative estimate of drug-likeness (QED) is 0.770. The molecule has 0 bridgehead atoms. The predicted molar refractivity (Wildman–Crippen MR) is 71.0 cm³/mol. The van der Waals surface area contributed by atoms with Crippen molar-refractivity contribution < 1.29 is 5.11 Å². The van der Waals surface area contributed by atoms with E-state index in [1.54, 1.807) is 18.5 Å². The molecular weight excluding hydrogens is 202 g/mol. The summed E-state index contributed by atoms with van der Waals surface area (Å²) in [6, 6.07) is 1.84. The molecule has 0 aliphatic carbocycles. The lowest BCUT2D eigenvalue weighted by Gasteiger charge is -1.95. The molecule has 16 heavy (non-hydrogen) atoms. The molecule has 0 aromatic carbocycles. The van der Waals surface area contributed by atoms with Crippen LogP contribution in [0.5, 0.6) is 0 Å². The Kier molecular flexibility index (Phi) is 14.2. The van der Waals surface area contributed by atoms with Gasteiger partial charge in [0.2, 0.25) is 0 Å². The van der Waals surface area contributed by atoms with Gasteiger partial charge in [-0.3, -0.25) is 9.98 Å². The number of pyridine rings is 1. The van der Waals surface area contributed by atoms with Crippen LogP contribution in [0.4, 0.5) is 5.69 Å². The molecule has 0 radical (unpaired) electrons. The van der Waals surface area contributed by atoms with Crippen LogP contribution in [-0.2, 0) is 0 Å². The van der Waals surface area contributed by atoms with E-state index >= 15 is 0 Å². The van der Waals surface area contributed by atoms with E-state index < -0.39 is 0 Å². The first kappa shape index (κ1) is 16.9.